The summed E-state index contributed by atoms with van der Waals surface area (Å²) in [6, 6.07) is 6.66. The van der Waals surface area contributed by atoms with E-state index in [0.717, 1.165) is 23.5 Å². The number of hydrogen-bond donors (Lipinski definition) is 1. The molecule has 1 aromatic carbocycles. The molecule has 1 aromatic heterocycles. The van der Waals surface area contributed by atoms with E-state index in [9.17, 15) is 4.39 Å². The Morgan fingerprint density at radius 3 is 2.85 bits per heavy atom. The van der Waals surface area contributed by atoms with Crippen LogP contribution in [0.5, 0.6) is 0 Å². The smallest absolute Gasteiger partial charge is 0.123 e. The second-order valence-electron chi connectivity index (χ2n) is 4.82. The lowest BCUT2D eigenvalue weighted by Crippen LogP contribution is -2.20. The van der Waals surface area contributed by atoms with Crippen molar-refractivity contribution in [1.82, 2.24) is 15.1 Å². The Bertz CT molecular complexity index is 595. The summed E-state index contributed by atoms with van der Waals surface area (Å²) in [6.45, 7) is 7.31. The van der Waals surface area contributed by atoms with Crippen LogP contribution in [0.1, 0.15) is 36.8 Å². The predicted octanol–water partition coefficient (Wildman–Crippen LogP) is 3.85. The predicted molar refractivity (Wildman–Crippen MR) is 79.3 cm³/mol. The topological polar surface area (TPSA) is 29.9 Å². The van der Waals surface area contributed by atoms with Crippen molar-refractivity contribution >= 4 is 11.6 Å². The molecule has 0 fully saturated rings. The van der Waals surface area contributed by atoms with Gasteiger partial charge in [0.15, 0.2) is 0 Å². The third-order valence-electron chi connectivity index (χ3n) is 3.38. The van der Waals surface area contributed by atoms with Crippen molar-refractivity contribution in [3.63, 3.8) is 0 Å². The number of nitrogens with one attached hydrogen (secondary N) is 1. The molecule has 2 rings (SSSR count). The van der Waals surface area contributed by atoms with Gasteiger partial charge in [0.1, 0.15) is 5.82 Å². The number of rotatable bonds is 5. The van der Waals surface area contributed by atoms with Gasteiger partial charge in [0.25, 0.3) is 0 Å². The van der Waals surface area contributed by atoms with Crippen LogP contribution < -0.4 is 5.32 Å². The first-order valence-corrected chi connectivity index (χ1v) is 7.11. The third kappa shape index (κ3) is 3.19. The van der Waals surface area contributed by atoms with Crippen LogP contribution in [0.2, 0.25) is 5.02 Å². The van der Waals surface area contributed by atoms with Crippen molar-refractivity contribution in [2.75, 3.05) is 0 Å². The molecule has 0 aliphatic carbocycles. The van der Waals surface area contributed by atoms with E-state index in [1.807, 2.05) is 31.5 Å². The number of hydrogen-bond acceptors (Lipinski definition) is 2. The van der Waals surface area contributed by atoms with Gasteiger partial charge in [-0.05, 0) is 38.5 Å². The van der Waals surface area contributed by atoms with Crippen molar-refractivity contribution in [3.8, 4) is 0 Å². The van der Waals surface area contributed by atoms with Crippen molar-refractivity contribution in [2.45, 2.75) is 39.9 Å². The number of nitrogens with zero attached hydrogens (tertiary/aromatic N) is 2. The molecule has 108 valence electrons. The highest BCUT2D eigenvalue weighted by Crippen LogP contribution is 2.21. The maximum absolute atomic E-state index is 13.2. The number of aromatic nitrogens is 2. The molecular formula is C15H19ClFN3. The average Bonchev–Trinajstić information content (AvgIpc) is 2.71. The van der Waals surface area contributed by atoms with Crippen LogP contribution in [-0.2, 0) is 13.1 Å². The summed E-state index contributed by atoms with van der Waals surface area (Å²) < 4.78 is 15.1. The van der Waals surface area contributed by atoms with Crippen LogP contribution >= 0.6 is 11.6 Å². The SMILES string of the molecule is CCn1nc(C)c(Cl)c1CNC(C)c1cccc(F)c1. The normalized spacial score (nSPS) is 12.7. The van der Waals surface area contributed by atoms with E-state index in [1.165, 1.54) is 6.07 Å². The van der Waals surface area contributed by atoms with Crippen molar-refractivity contribution < 1.29 is 4.39 Å². The highest BCUT2D eigenvalue weighted by Gasteiger charge is 2.14. The molecule has 3 nitrogen and oxygen atoms in total. The van der Waals surface area contributed by atoms with E-state index in [1.54, 1.807) is 12.1 Å². The zero-order valence-corrected chi connectivity index (χ0v) is 12.7. The van der Waals surface area contributed by atoms with Gasteiger partial charge in [-0.2, -0.15) is 5.10 Å². The molecule has 0 spiro atoms. The highest BCUT2D eigenvalue weighted by molar-refractivity contribution is 6.31. The largest absolute Gasteiger partial charge is 0.305 e. The quantitative estimate of drug-likeness (QED) is 0.908. The molecule has 20 heavy (non-hydrogen) atoms. The highest BCUT2D eigenvalue weighted by atomic mass is 35.5. The van der Waals surface area contributed by atoms with Crippen LogP contribution in [0, 0.1) is 12.7 Å². The molecule has 1 atom stereocenters. The van der Waals surface area contributed by atoms with Crippen molar-refractivity contribution in [3.05, 3.63) is 52.1 Å². The summed E-state index contributed by atoms with van der Waals surface area (Å²) in [7, 11) is 0. The minimum atomic E-state index is -0.219. The molecule has 0 saturated carbocycles. The van der Waals surface area contributed by atoms with Gasteiger partial charge in [0.05, 0.1) is 16.4 Å². The Morgan fingerprint density at radius 2 is 2.20 bits per heavy atom. The van der Waals surface area contributed by atoms with Gasteiger partial charge in [-0.15, -0.1) is 0 Å². The first-order chi connectivity index (χ1) is 9.52. The van der Waals surface area contributed by atoms with E-state index in [2.05, 4.69) is 10.4 Å². The third-order valence-corrected chi connectivity index (χ3v) is 3.87. The van der Waals surface area contributed by atoms with Gasteiger partial charge in [-0.3, -0.25) is 4.68 Å². The maximum atomic E-state index is 13.2. The summed E-state index contributed by atoms with van der Waals surface area (Å²) in [5.41, 5.74) is 2.72. The Balaban J connectivity index is 2.09. The molecule has 0 aliphatic heterocycles. The number of benzene rings is 1. The van der Waals surface area contributed by atoms with E-state index < -0.39 is 0 Å². The van der Waals surface area contributed by atoms with E-state index in [0.29, 0.717) is 11.6 Å². The Hall–Kier alpha value is -1.39. The fraction of sp³-hybridized carbons (Fsp3) is 0.400. The molecule has 5 heteroatoms. The van der Waals surface area contributed by atoms with Crippen LogP contribution in [0.3, 0.4) is 0 Å². The second-order valence-corrected chi connectivity index (χ2v) is 5.20. The standard InChI is InChI=1S/C15H19ClFN3/c1-4-20-14(15(16)11(3)19-20)9-18-10(2)12-6-5-7-13(17)8-12/h5-8,10,18H,4,9H2,1-3H3. The summed E-state index contributed by atoms with van der Waals surface area (Å²) in [4.78, 5) is 0. The van der Waals surface area contributed by atoms with Crippen LogP contribution in [0.25, 0.3) is 0 Å². The lowest BCUT2D eigenvalue weighted by atomic mass is 10.1. The Kier molecular flexibility index (Phi) is 4.78. The summed E-state index contributed by atoms with van der Waals surface area (Å²) in [5, 5.41) is 8.44. The first-order valence-electron chi connectivity index (χ1n) is 6.73. The maximum Gasteiger partial charge on any atom is 0.123 e. The fourth-order valence-electron chi connectivity index (χ4n) is 2.18. The van der Waals surface area contributed by atoms with Gasteiger partial charge in [0.2, 0.25) is 0 Å². The molecule has 1 heterocycles. The van der Waals surface area contributed by atoms with Crippen molar-refractivity contribution in [2.24, 2.45) is 0 Å². The minimum Gasteiger partial charge on any atom is -0.305 e. The molecule has 0 aliphatic rings. The van der Waals surface area contributed by atoms with Crippen LogP contribution in [-0.4, -0.2) is 9.78 Å². The molecule has 1 unspecified atom stereocenters. The summed E-state index contributed by atoms with van der Waals surface area (Å²) >= 11 is 6.26. The molecule has 1 N–H and O–H groups in total. The zero-order valence-electron chi connectivity index (χ0n) is 12.0. The average molecular weight is 296 g/mol. The zero-order chi connectivity index (χ0) is 14.7. The van der Waals surface area contributed by atoms with Gasteiger partial charge < -0.3 is 5.32 Å². The lowest BCUT2D eigenvalue weighted by Gasteiger charge is -2.15. The number of halogens is 2. The monoisotopic (exact) mass is 295 g/mol. The summed E-state index contributed by atoms with van der Waals surface area (Å²) in [5.74, 6) is -0.219. The van der Waals surface area contributed by atoms with E-state index in [4.69, 9.17) is 11.6 Å². The molecule has 0 amide bonds. The van der Waals surface area contributed by atoms with Gasteiger partial charge in [-0.25, -0.2) is 4.39 Å². The molecule has 0 radical (unpaired) electrons. The Labute approximate surface area is 123 Å². The Morgan fingerprint density at radius 1 is 1.45 bits per heavy atom. The first kappa shape index (κ1) is 15.0. The van der Waals surface area contributed by atoms with E-state index >= 15 is 0 Å². The summed E-state index contributed by atoms with van der Waals surface area (Å²) in [6.07, 6.45) is 0. The molecule has 2 aromatic rings. The second kappa shape index (κ2) is 6.37. The van der Waals surface area contributed by atoms with E-state index in [-0.39, 0.29) is 11.9 Å². The molecule has 0 saturated heterocycles. The molecular weight excluding hydrogens is 277 g/mol. The number of aryl methyl sites for hydroxylation is 2. The van der Waals surface area contributed by atoms with Gasteiger partial charge >= 0.3 is 0 Å². The molecule has 0 bridgehead atoms. The fourth-order valence-corrected chi connectivity index (χ4v) is 2.38. The van der Waals surface area contributed by atoms with Gasteiger partial charge in [0, 0.05) is 19.1 Å². The van der Waals surface area contributed by atoms with Crippen LogP contribution in [0.15, 0.2) is 24.3 Å². The van der Waals surface area contributed by atoms with Gasteiger partial charge in [-0.1, -0.05) is 23.7 Å². The minimum absolute atomic E-state index is 0.0438. The van der Waals surface area contributed by atoms with Crippen molar-refractivity contribution in [1.29, 1.82) is 0 Å². The lowest BCUT2D eigenvalue weighted by molar-refractivity contribution is 0.527. The van der Waals surface area contributed by atoms with Crippen LogP contribution in [0.4, 0.5) is 4.39 Å².